The Bertz CT molecular complexity index is 925. The van der Waals surface area contributed by atoms with Crippen LogP contribution in [0.25, 0.3) is 0 Å². The van der Waals surface area contributed by atoms with Crippen LogP contribution >= 0.6 is 0 Å². The van der Waals surface area contributed by atoms with Crippen molar-refractivity contribution in [3.63, 3.8) is 0 Å². The van der Waals surface area contributed by atoms with Gasteiger partial charge in [-0.25, -0.2) is 0 Å². The first-order valence-electron chi connectivity index (χ1n) is 13.0. The number of fused-ring (bicyclic) bond motifs is 4. The van der Waals surface area contributed by atoms with Crippen LogP contribution in [0.1, 0.15) is 79.6 Å². The Morgan fingerprint density at radius 1 is 1.00 bits per heavy atom. The fraction of sp³-hybridized carbons (Fsp3) is 0.667. The van der Waals surface area contributed by atoms with E-state index in [1.54, 1.807) is 16.7 Å². The fourth-order valence-electron chi connectivity index (χ4n) is 8.44. The average molecular weight is 435 g/mol. The maximum atomic E-state index is 10.8. The molecular formula is C30H42O2. The molecule has 0 amide bonds. The minimum atomic E-state index is -0.155. The highest BCUT2D eigenvalue weighted by Gasteiger charge is 2.57. The molecule has 174 valence electrons. The van der Waals surface area contributed by atoms with Crippen molar-refractivity contribution >= 4 is 0 Å². The quantitative estimate of drug-likeness (QED) is 0.537. The third kappa shape index (κ3) is 3.23. The monoisotopic (exact) mass is 434 g/mol. The summed E-state index contributed by atoms with van der Waals surface area (Å²) in [5.74, 6) is 2.77. The molecule has 0 saturated heterocycles. The van der Waals surface area contributed by atoms with E-state index in [-0.39, 0.29) is 22.3 Å². The molecule has 4 aliphatic carbocycles. The Balaban J connectivity index is 1.38. The van der Waals surface area contributed by atoms with Crippen molar-refractivity contribution in [2.45, 2.75) is 85.7 Å². The van der Waals surface area contributed by atoms with Crippen LogP contribution in [0.15, 0.2) is 53.1 Å². The van der Waals surface area contributed by atoms with E-state index in [0.29, 0.717) is 17.8 Å². The highest BCUT2D eigenvalue weighted by Crippen LogP contribution is 2.66. The SMILES string of the molecule is C[C@H](COc1ccccc1)[C@H]1CC=C2C3=C(CC[C@@]21C)[C@@]1(C)CC[C@H](O)C(C)(C)[C@@H]1CC3. The van der Waals surface area contributed by atoms with Gasteiger partial charge < -0.3 is 9.84 Å². The lowest BCUT2D eigenvalue weighted by Gasteiger charge is -2.59. The van der Waals surface area contributed by atoms with E-state index in [1.165, 1.54) is 32.1 Å². The Morgan fingerprint density at radius 3 is 2.50 bits per heavy atom. The van der Waals surface area contributed by atoms with E-state index in [2.05, 4.69) is 52.8 Å². The van der Waals surface area contributed by atoms with E-state index in [1.807, 2.05) is 18.2 Å². The molecule has 1 fully saturated rings. The number of hydrogen-bond donors (Lipinski definition) is 1. The molecule has 1 aromatic rings. The number of rotatable bonds is 4. The molecule has 0 aliphatic heterocycles. The maximum absolute atomic E-state index is 10.8. The predicted molar refractivity (Wildman–Crippen MR) is 132 cm³/mol. The molecule has 6 atom stereocenters. The minimum absolute atomic E-state index is 0.0160. The Kier molecular flexibility index (Phi) is 5.40. The topological polar surface area (TPSA) is 29.5 Å². The van der Waals surface area contributed by atoms with Crippen molar-refractivity contribution in [3.05, 3.63) is 53.1 Å². The smallest absolute Gasteiger partial charge is 0.119 e. The highest BCUT2D eigenvalue weighted by molar-refractivity contribution is 5.49. The van der Waals surface area contributed by atoms with Gasteiger partial charge in [-0.2, -0.15) is 0 Å². The molecule has 1 aromatic carbocycles. The van der Waals surface area contributed by atoms with Gasteiger partial charge in [-0.05, 0) is 102 Å². The summed E-state index contributed by atoms with van der Waals surface area (Å²) in [6.45, 7) is 12.9. The molecule has 0 heterocycles. The van der Waals surface area contributed by atoms with Crippen molar-refractivity contribution in [3.8, 4) is 5.75 Å². The zero-order chi connectivity index (χ0) is 22.7. The van der Waals surface area contributed by atoms with Crippen LogP contribution in [0.4, 0.5) is 0 Å². The van der Waals surface area contributed by atoms with E-state index < -0.39 is 0 Å². The Morgan fingerprint density at radius 2 is 1.75 bits per heavy atom. The summed E-state index contributed by atoms with van der Waals surface area (Å²) in [5.41, 5.74) is 5.71. The summed E-state index contributed by atoms with van der Waals surface area (Å²) in [5, 5.41) is 10.8. The normalized spacial score (nSPS) is 38.9. The summed E-state index contributed by atoms with van der Waals surface area (Å²) >= 11 is 0. The van der Waals surface area contributed by atoms with Crippen molar-refractivity contribution in [1.29, 1.82) is 0 Å². The molecule has 1 N–H and O–H groups in total. The van der Waals surface area contributed by atoms with Crippen LogP contribution in [0, 0.1) is 34.0 Å². The van der Waals surface area contributed by atoms with E-state index >= 15 is 0 Å². The number of allylic oxidation sites excluding steroid dienone is 4. The first kappa shape index (κ1) is 22.3. The zero-order valence-corrected chi connectivity index (χ0v) is 20.8. The van der Waals surface area contributed by atoms with Gasteiger partial charge in [0.1, 0.15) is 5.75 Å². The second-order valence-corrected chi connectivity index (χ2v) is 12.3. The zero-order valence-electron chi connectivity index (χ0n) is 20.8. The van der Waals surface area contributed by atoms with Gasteiger partial charge in [-0.15, -0.1) is 0 Å². The first-order chi connectivity index (χ1) is 15.2. The second kappa shape index (κ2) is 7.76. The van der Waals surface area contributed by atoms with E-state index in [9.17, 15) is 5.11 Å². The molecule has 0 spiro atoms. The van der Waals surface area contributed by atoms with Crippen LogP contribution in [0.3, 0.4) is 0 Å². The van der Waals surface area contributed by atoms with Crippen molar-refractivity contribution in [1.82, 2.24) is 0 Å². The second-order valence-electron chi connectivity index (χ2n) is 12.3. The molecule has 32 heavy (non-hydrogen) atoms. The number of aliphatic hydroxyl groups excluding tert-OH is 1. The third-order valence-electron chi connectivity index (χ3n) is 10.4. The largest absolute Gasteiger partial charge is 0.493 e. The van der Waals surface area contributed by atoms with Gasteiger partial charge >= 0.3 is 0 Å². The lowest BCUT2D eigenvalue weighted by atomic mass is 9.46. The van der Waals surface area contributed by atoms with Crippen LogP contribution in [-0.2, 0) is 0 Å². The number of para-hydroxylation sites is 1. The number of benzene rings is 1. The third-order valence-corrected chi connectivity index (χ3v) is 10.4. The molecule has 0 radical (unpaired) electrons. The summed E-state index contributed by atoms with van der Waals surface area (Å²) in [6.07, 6.45) is 10.7. The van der Waals surface area contributed by atoms with Gasteiger partial charge in [-0.1, -0.05) is 64.5 Å². The van der Waals surface area contributed by atoms with Crippen LogP contribution in [0.2, 0.25) is 0 Å². The highest BCUT2D eigenvalue weighted by atomic mass is 16.5. The summed E-state index contributed by atoms with van der Waals surface area (Å²) in [7, 11) is 0. The standard InChI is InChI=1S/C30H42O2/c1-20(19-32-21-9-7-6-8-10-21)23-12-13-24-22-11-14-26-28(2,3)27(31)16-18-30(26,5)25(22)15-17-29(23,24)4/h6-10,13,20,23,26-27,31H,11-12,14-19H2,1-5H3/t20-,23-,26+,27+,29-,30-/m1/s1. The molecule has 2 heteroatoms. The van der Waals surface area contributed by atoms with Gasteiger partial charge in [-0.3, -0.25) is 0 Å². The predicted octanol–water partition coefficient (Wildman–Crippen LogP) is 7.34. The van der Waals surface area contributed by atoms with Crippen LogP contribution < -0.4 is 4.74 Å². The summed E-state index contributed by atoms with van der Waals surface area (Å²) < 4.78 is 6.17. The number of hydrogen-bond acceptors (Lipinski definition) is 2. The average Bonchev–Trinajstić information content (AvgIpc) is 3.13. The molecule has 0 bridgehead atoms. The van der Waals surface area contributed by atoms with Crippen molar-refractivity contribution < 1.29 is 9.84 Å². The summed E-state index contributed by atoms with van der Waals surface area (Å²) in [6, 6.07) is 10.3. The maximum Gasteiger partial charge on any atom is 0.119 e. The van der Waals surface area contributed by atoms with Crippen molar-refractivity contribution in [2.75, 3.05) is 6.61 Å². The van der Waals surface area contributed by atoms with Crippen molar-refractivity contribution in [2.24, 2.45) is 34.0 Å². The van der Waals surface area contributed by atoms with E-state index in [4.69, 9.17) is 4.74 Å². The number of ether oxygens (including phenoxy) is 1. The first-order valence-corrected chi connectivity index (χ1v) is 13.0. The lowest BCUT2D eigenvalue weighted by molar-refractivity contribution is -0.0905. The van der Waals surface area contributed by atoms with Gasteiger partial charge in [0, 0.05) is 0 Å². The molecule has 1 saturated carbocycles. The van der Waals surface area contributed by atoms with Gasteiger partial charge in [0.2, 0.25) is 0 Å². The van der Waals surface area contributed by atoms with Crippen LogP contribution in [0.5, 0.6) is 5.75 Å². The van der Waals surface area contributed by atoms with E-state index in [0.717, 1.165) is 25.2 Å². The molecule has 4 aliphatic rings. The molecule has 0 unspecified atom stereocenters. The van der Waals surface area contributed by atoms with Gasteiger partial charge in [0.05, 0.1) is 12.7 Å². The van der Waals surface area contributed by atoms with Gasteiger partial charge in [0.25, 0.3) is 0 Å². The molecule has 5 rings (SSSR count). The molecule has 0 aromatic heterocycles. The Labute approximate surface area is 195 Å². The number of aliphatic hydroxyl groups is 1. The molecular weight excluding hydrogens is 392 g/mol. The lowest BCUT2D eigenvalue weighted by Crippen LogP contribution is -2.53. The Hall–Kier alpha value is -1.54. The fourth-order valence-corrected chi connectivity index (χ4v) is 8.44. The minimum Gasteiger partial charge on any atom is -0.493 e. The van der Waals surface area contributed by atoms with Crippen LogP contribution in [-0.4, -0.2) is 17.8 Å². The van der Waals surface area contributed by atoms with Gasteiger partial charge in [0.15, 0.2) is 0 Å². The summed E-state index contributed by atoms with van der Waals surface area (Å²) in [4.78, 5) is 0. The molecule has 2 nitrogen and oxygen atoms in total.